The van der Waals surface area contributed by atoms with Crippen LogP contribution in [-0.2, 0) is 0 Å². The number of hydrogen-bond donors (Lipinski definition) is 2. The highest BCUT2D eigenvalue weighted by Crippen LogP contribution is 2.68. The van der Waals surface area contributed by atoms with Crippen LogP contribution < -0.4 is 0 Å². The van der Waals surface area contributed by atoms with Crippen molar-refractivity contribution in [3.05, 3.63) is 42.9 Å². The summed E-state index contributed by atoms with van der Waals surface area (Å²) in [6.45, 7) is 4.78. The third kappa shape index (κ3) is 1.49. The summed E-state index contributed by atoms with van der Waals surface area (Å²) in [6.07, 6.45) is 8.39. The fourth-order valence-electron chi connectivity index (χ4n) is 3.91. The number of rotatable bonds is 0. The molecule has 1 fully saturated rings. The average Bonchev–Trinajstić information content (AvgIpc) is 2.95. The van der Waals surface area contributed by atoms with Crippen LogP contribution in [0.15, 0.2) is 42.9 Å². The van der Waals surface area contributed by atoms with E-state index in [1.807, 2.05) is 23.5 Å². The van der Waals surface area contributed by atoms with Crippen LogP contribution >= 0.6 is 48.8 Å². The van der Waals surface area contributed by atoms with Crippen LogP contribution in [0, 0.1) is 0 Å². The SMILES string of the molecule is CC12SC(S)=CC1=C1CCCC1=C1C=C(S)SC12C. The molecule has 0 aromatic rings. The molecule has 1 saturated carbocycles. The number of thiol groups is 2. The minimum Gasteiger partial charge on any atom is -0.137 e. The lowest BCUT2D eigenvalue weighted by Crippen LogP contribution is -2.47. The molecule has 0 aromatic carbocycles. The molecule has 0 spiro atoms. The molecule has 0 amide bonds. The maximum absolute atomic E-state index is 4.65. The highest BCUT2D eigenvalue weighted by molar-refractivity contribution is 8.19. The number of thioether (sulfide) groups is 2. The number of hydrogen-bond acceptors (Lipinski definition) is 4. The molecule has 0 bridgehead atoms. The van der Waals surface area contributed by atoms with Crippen LogP contribution in [0.5, 0.6) is 0 Å². The summed E-state index contributed by atoms with van der Waals surface area (Å²) in [5.74, 6) is 0. The van der Waals surface area contributed by atoms with Crippen molar-refractivity contribution in [2.24, 2.45) is 0 Å². The Kier molecular flexibility index (Phi) is 2.72. The fraction of sp³-hybridized carbons (Fsp3) is 0.467. The van der Waals surface area contributed by atoms with E-state index in [1.165, 1.54) is 30.4 Å². The Balaban J connectivity index is 2.04. The molecule has 2 atom stereocenters. The Morgan fingerprint density at radius 2 is 1.32 bits per heavy atom. The first kappa shape index (κ1) is 13.1. The van der Waals surface area contributed by atoms with Gasteiger partial charge in [0, 0.05) is 8.47 Å². The van der Waals surface area contributed by atoms with Crippen molar-refractivity contribution in [1.82, 2.24) is 0 Å². The van der Waals surface area contributed by atoms with Crippen LogP contribution in [0.3, 0.4) is 0 Å². The zero-order valence-corrected chi connectivity index (χ0v) is 14.4. The van der Waals surface area contributed by atoms with Crippen molar-refractivity contribution >= 4 is 48.8 Å². The Labute approximate surface area is 134 Å². The highest BCUT2D eigenvalue weighted by atomic mass is 32.2. The molecule has 2 unspecified atom stereocenters. The maximum Gasteiger partial charge on any atom is 0.0623 e. The third-order valence-electron chi connectivity index (χ3n) is 4.96. The van der Waals surface area contributed by atoms with Gasteiger partial charge in [-0.1, -0.05) is 0 Å². The van der Waals surface area contributed by atoms with Gasteiger partial charge in [-0.15, -0.1) is 48.8 Å². The summed E-state index contributed by atoms with van der Waals surface area (Å²) in [5, 5.41) is 0. The normalized spacial score (nSPS) is 40.2. The lowest BCUT2D eigenvalue weighted by atomic mass is 9.72. The molecule has 19 heavy (non-hydrogen) atoms. The molecule has 2 aliphatic carbocycles. The van der Waals surface area contributed by atoms with Gasteiger partial charge in [0.2, 0.25) is 0 Å². The lowest BCUT2D eigenvalue weighted by molar-refractivity contribution is 0.607. The highest BCUT2D eigenvalue weighted by Gasteiger charge is 2.58. The summed E-state index contributed by atoms with van der Waals surface area (Å²) in [4.78, 5) is 0. The Bertz CT molecular complexity index is 568. The largest absolute Gasteiger partial charge is 0.137 e. The monoisotopic (exact) mass is 324 g/mol. The molecular formula is C15H16S4. The summed E-state index contributed by atoms with van der Waals surface area (Å²) in [7, 11) is 0. The average molecular weight is 325 g/mol. The van der Waals surface area contributed by atoms with Gasteiger partial charge >= 0.3 is 0 Å². The molecule has 2 heterocycles. The predicted octanol–water partition coefficient (Wildman–Crippen LogP) is 5.33. The number of allylic oxidation sites excluding steroid dienone is 4. The van der Waals surface area contributed by atoms with Crippen LogP contribution in [0.1, 0.15) is 33.1 Å². The first-order valence-corrected chi connectivity index (χ1v) is 9.15. The standard InChI is InChI=1S/C15H16S4/c1-14-10(6-12(16)18-14)8-4-3-5-9(8)11-7-13(17)19-15(11,14)2/h6-7,16-17H,3-5H2,1-2H3. The quantitative estimate of drug-likeness (QED) is 0.578. The van der Waals surface area contributed by atoms with Gasteiger partial charge in [-0.3, -0.25) is 0 Å². The molecule has 0 saturated heterocycles. The second kappa shape index (κ2) is 3.96. The van der Waals surface area contributed by atoms with E-state index in [1.54, 1.807) is 11.1 Å². The first-order chi connectivity index (χ1) is 8.96. The summed E-state index contributed by atoms with van der Waals surface area (Å²) >= 11 is 13.1. The molecule has 0 nitrogen and oxygen atoms in total. The molecule has 4 rings (SSSR count). The molecule has 4 aliphatic rings. The predicted molar refractivity (Wildman–Crippen MR) is 94.0 cm³/mol. The Morgan fingerprint density at radius 3 is 1.74 bits per heavy atom. The van der Waals surface area contributed by atoms with Gasteiger partial charge in [0.1, 0.15) is 0 Å². The molecule has 100 valence electrons. The van der Waals surface area contributed by atoms with Crippen LogP contribution in [0.25, 0.3) is 0 Å². The van der Waals surface area contributed by atoms with E-state index in [-0.39, 0.29) is 9.49 Å². The van der Waals surface area contributed by atoms with Crippen LogP contribution in [-0.4, -0.2) is 9.49 Å². The van der Waals surface area contributed by atoms with Crippen molar-refractivity contribution in [3.8, 4) is 0 Å². The van der Waals surface area contributed by atoms with Crippen molar-refractivity contribution in [2.45, 2.75) is 42.6 Å². The minimum absolute atomic E-state index is 0.105. The van der Waals surface area contributed by atoms with Gasteiger partial charge in [0.15, 0.2) is 0 Å². The van der Waals surface area contributed by atoms with E-state index in [0.717, 1.165) is 8.47 Å². The zero-order chi connectivity index (χ0) is 13.4. The van der Waals surface area contributed by atoms with Crippen molar-refractivity contribution < 1.29 is 0 Å². The molecule has 0 radical (unpaired) electrons. The van der Waals surface area contributed by atoms with E-state index in [9.17, 15) is 0 Å². The summed E-state index contributed by atoms with van der Waals surface area (Å²) < 4.78 is 2.53. The van der Waals surface area contributed by atoms with Crippen molar-refractivity contribution in [1.29, 1.82) is 0 Å². The fourth-order valence-corrected chi connectivity index (χ4v) is 7.89. The summed E-state index contributed by atoms with van der Waals surface area (Å²) in [5.41, 5.74) is 6.27. The van der Waals surface area contributed by atoms with Gasteiger partial charge in [0.05, 0.1) is 9.49 Å². The molecular weight excluding hydrogens is 308 g/mol. The second-order valence-electron chi connectivity index (χ2n) is 5.87. The van der Waals surface area contributed by atoms with Gasteiger partial charge in [-0.2, -0.15) is 0 Å². The Morgan fingerprint density at radius 1 is 0.895 bits per heavy atom. The van der Waals surface area contributed by atoms with E-state index >= 15 is 0 Å². The molecule has 4 heteroatoms. The third-order valence-corrected chi connectivity index (χ3v) is 8.62. The van der Waals surface area contributed by atoms with E-state index in [4.69, 9.17) is 0 Å². The first-order valence-electron chi connectivity index (χ1n) is 6.63. The van der Waals surface area contributed by atoms with E-state index in [2.05, 4.69) is 51.3 Å². The van der Waals surface area contributed by atoms with Crippen LogP contribution in [0.4, 0.5) is 0 Å². The lowest BCUT2D eigenvalue weighted by Gasteiger charge is -2.46. The number of fused-ring (bicyclic) bond motifs is 4. The van der Waals surface area contributed by atoms with Crippen molar-refractivity contribution in [3.63, 3.8) is 0 Å². The summed E-state index contributed by atoms with van der Waals surface area (Å²) in [6, 6.07) is 0. The van der Waals surface area contributed by atoms with Gasteiger partial charge < -0.3 is 0 Å². The van der Waals surface area contributed by atoms with E-state index in [0.29, 0.717) is 0 Å². The van der Waals surface area contributed by atoms with Crippen LogP contribution in [0.2, 0.25) is 0 Å². The van der Waals surface area contributed by atoms with Gasteiger partial charge in [0.25, 0.3) is 0 Å². The smallest absolute Gasteiger partial charge is 0.0623 e. The maximum atomic E-state index is 4.65. The minimum atomic E-state index is 0.105. The molecule has 2 aliphatic heterocycles. The van der Waals surface area contributed by atoms with Gasteiger partial charge in [-0.25, -0.2) is 0 Å². The van der Waals surface area contributed by atoms with Crippen molar-refractivity contribution in [2.75, 3.05) is 0 Å². The van der Waals surface area contributed by atoms with Gasteiger partial charge in [-0.05, 0) is 67.6 Å². The molecule has 0 aromatic heterocycles. The van der Waals surface area contributed by atoms with E-state index < -0.39 is 0 Å². The molecule has 0 N–H and O–H groups in total. The second-order valence-corrected chi connectivity index (χ2v) is 10.4. The topological polar surface area (TPSA) is 0 Å². The Hall–Kier alpha value is 0.360. The zero-order valence-electron chi connectivity index (χ0n) is 11.0.